The fourth-order valence-electron chi connectivity index (χ4n) is 6.12. The van der Waals surface area contributed by atoms with Gasteiger partial charge in [-0.2, -0.15) is 0 Å². The van der Waals surface area contributed by atoms with Crippen molar-refractivity contribution in [1.82, 2.24) is 0 Å². The van der Waals surface area contributed by atoms with Crippen LogP contribution in [0.5, 0.6) is 5.75 Å². The summed E-state index contributed by atoms with van der Waals surface area (Å²) in [6.45, 7) is 4.77. The molecule has 1 aromatic rings. The van der Waals surface area contributed by atoms with E-state index in [1.807, 2.05) is 0 Å². The van der Waals surface area contributed by atoms with Gasteiger partial charge in [0, 0.05) is 0 Å². The van der Waals surface area contributed by atoms with Crippen LogP contribution in [0.25, 0.3) is 0 Å². The van der Waals surface area contributed by atoms with Crippen molar-refractivity contribution >= 4 is 5.69 Å². The number of nitrogens with two attached hydrogens (primary N) is 1. The Labute approximate surface area is 140 Å². The van der Waals surface area contributed by atoms with Gasteiger partial charge >= 0.3 is 0 Å². The van der Waals surface area contributed by atoms with Gasteiger partial charge in [-0.3, -0.25) is 0 Å². The summed E-state index contributed by atoms with van der Waals surface area (Å²) in [6, 6.07) is 4.42. The van der Waals surface area contributed by atoms with Gasteiger partial charge in [-0.15, -0.1) is 0 Å². The molecule has 0 heterocycles. The standard InChI is InChI=1S/C21H29NO/c1-4-14-6-8-18-16-7-5-13-11-19(22)20(23-3)12-17(13)15(16)9-10-21(14,18)2/h4,11-12,15-16,18H,5-10,22H2,1-3H3/b14-4-/t15?,16?,18?,21-/m1/s1. The highest BCUT2D eigenvalue weighted by molar-refractivity contribution is 5.58. The van der Waals surface area contributed by atoms with Gasteiger partial charge in [0.15, 0.2) is 0 Å². The van der Waals surface area contributed by atoms with E-state index >= 15 is 0 Å². The van der Waals surface area contributed by atoms with Crippen molar-refractivity contribution in [2.45, 2.75) is 58.3 Å². The molecule has 2 N–H and O–H groups in total. The second kappa shape index (κ2) is 5.29. The molecule has 0 aliphatic heterocycles. The van der Waals surface area contributed by atoms with Crippen LogP contribution in [-0.2, 0) is 6.42 Å². The number of methoxy groups -OCH3 is 1. The first-order valence-electron chi connectivity index (χ1n) is 9.20. The minimum atomic E-state index is 0.464. The average Bonchev–Trinajstić information content (AvgIpc) is 2.90. The van der Waals surface area contributed by atoms with Crippen LogP contribution < -0.4 is 10.5 Å². The Morgan fingerprint density at radius 1 is 1.22 bits per heavy atom. The van der Waals surface area contributed by atoms with Crippen molar-refractivity contribution in [1.29, 1.82) is 0 Å². The molecule has 23 heavy (non-hydrogen) atoms. The first-order valence-corrected chi connectivity index (χ1v) is 9.20. The number of rotatable bonds is 1. The first kappa shape index (κ1) is 15.1. The van der Waals surface area contributed by atoms with Gasteiger partial charge in [-0.05, 0) is 91.9 Å². The SMILES string of the molecule is C/C=C1/CCC2C3CCc4cc(N)c(OC)cc4C3CC[C@]12C. The number of aryl methyl sites for hydroxylation is 1. The second-order valence-electron chi connectivity index (χ2n) is 8.02. The Bertz CT molecular complexity index is 662. The molecule has 1 aromatic carbocycles. The average molecular weight is 311 g/mol. The summed E-state index contributed by atoms with van der Waals surface area (Å²) >= 11 is 0. The minimum absolute atomic E-state index is 0.464. The summed E-state index contributed by atoms with van der Waals surface area (Å²) in [5, 5.41) is 0. The smallest absolute Gasteiger partial charge is 0.142 e. The summed E-state index contributed by atoms with van der Waals surface area (Å²) in [5.74, 6) is 3.28. The Morgan fingerprint density at radius 3 is 2.78 bits per heavy atom. The third-order valence-electron chi connectivity index (χ3n) is 7.27. The number of anilines is 1. The predicted molar refractivity (Wildman–Crippen MR) is 95.8 cm³/mol. The van der Waals surface area contributed by atoms with Crippen LogP contribution in [0.2, 0.25) is 0 Å². The van der Waals surface area contributed by atoms with Crippen molar-refractivity contribution in [3.63, 3.8) is 0 Å². The van der Waals surface area contributed by atoms with Crippen LogP contribution in [-0.4, -0.2) is 7.11 Å². The van der Waals surface area contributed by atoms with Gasteiger partial charge in [-0.25, -0.2) is 0 Å². The summed E-state index contributed by atoms with van der Waals surface area (Å²) in [6.07, 6.45) is 10.3. The van der Waals surface area contributed by atoms with Gasteiger partial charge in [0.05, 0.1) is 12.8 Å². The molecule has 2 saturated carbocycles. The zero-order chi connectivity index (χ0) is 16.2. The number of ether oxygens (including phenoxy) is 1. The largest absolute Gasteiger partial charge is 0.495 e. The molecule has 0 saturated heterocycles. The number of nitrogen functional groups attached to an aromatic ring is 1. The van der Waals surface area contributed by atoms with Gasteiger partial charge < -0.3 is 10.5 Å². The van der Waals surface area contributed by atoms with Crippen LogP contribution in [0.15, 0.2) is 23.8 Å². The lowest BCUT2D eigenvalue weighted by atomic mass is 9.55. The Balaban J connectivity index is 1.73. The second-order valence-corrected chi connectivity index (χ2v) is 8.02. The van der Waals surface area contributed by atoms with Crippen molar-refractivity contribution in [2.24, 2.45) is 17.3 Å². The van der Waals surface area contributed by atoms with Crippen molar-refractivity contribution in [3.05, 3.63) is 34.9 Å². The van der Waals surface area contributed by atoms with Crippen molar-refractivity contribution in [3.8, 4) is 5.75 Å². The fourth-order valence-corrected chi connectivity index (χ4v) is 6.12. The summed E-state index contributed by atoms with van der Waals surface area (Å²) in [7, 11) is 1.73. The van der Waals surface area contributed by atoms with Crippen molar-refractivity contribution in [2.75, 3.05) is 12.8 Å². The Hall–Kier alpha value is -1.44. The van der Waals surface area contributed by atoms with Crippen LogP contribution >= 0.6 is 0 Å². The van der Waals surface area contributed by atoms with Gasteiger partial charge in [0.1, 0.15) is 5.75 Å². The van der Waals surface area contributed by atoms with Gasteiger partial charge in [-0.1, -0.05) is 18.6 Å². The number of benzene rings is 1. The molecule has 2 nitrogen and oxygen atoms in total. The molecule has 2 heteroatoms. The summed E-state index contributed by atoms with van der Waals surface area (Å²) in [5.41, 5.74) is 12.1. The lowest BCUT2D eigenvalue weighted by Gasteiger charge is -2.49. The van der Waals surface area contributed by atoms with Crippen LogP contribution in [0.4, 0.5) is 5.69 Å². The molecule has 3 aliphatic carbocycles. The molecule has 3 unspecified atom stereocenters. The lowest BCUT2D eigenvalue weighted by molar-refractivity contribution is 0.0813. The highest BCUT2D eigenvalue weighted by Crippen LogP contribution is 2.63. The molecule has 2 fully saturated rings. The maximum absolute atomic E-state index is 6.13. The quantitative estimate of drug-likeness (QED) is 0.580. The Kier molecular flexibility index (Phi) is 3.48. The third-order valence-corrected chi connectivity index (χ3v) is 7.27. The Morgan fingerprint density at radius 2 is 2.04 bits per heavy atom. The maximum atomic E-state index is 6.13. The van der Waals surface area contributed by atoms with Gasteiger partial charge in [0.25, 0.3) is 0 Å². The van der Waals surface area contributed by atoms with Crippen LogP contribution in [0.3, 0.4) is 0 Å². The molecular formula is C21H29NO. The number of hydrogen-bond donors (Lipinski definition) is 1. The number of hydrogen-bond acceptors (Lipinski definition) is 2. The van der Waals surface area contributed by atoms with E-state index in [0.717, 1.165) is 23.3 Å². The number of fused-ring (bicyclic) bond motifs is 5. The van der Waals surface area contributed by atoms with E-state index in [1.165, 1.54) is 49.7 Å². The minimum Gasteiger partial charge on any atom is -0.495 e. The molecular weight excluding hydrogens is 282 g/mol. The molecule has 0 radical (unpaired) electrons. The van der Waals surface area contributed by atoms with E-state index in [-0.39, 0.29) is 0 Å². The molecule has 3 aliphatic rings. The molecule has 0 aromatic heterocycles. The topological polar surface area (TPSA) is 35.2 Å². The van der Waals surface area contributed by atoms with E-state index in [2.05, 4.69) is 32.1 Å². The summed E-state index contributed by atoms with van der Waals surface area (Å²) < 4.78 is 5.50. The number of allylic oxidation sites excluding steroid dienone is 2. The van der Waals surface area contributed by atoms with Crippen LogP contribution in [0, 0.1) is 17.3 Å². The normalized spacial score (nSPS) is 37.2. The zero-order valence-corrected chi connectivity index (χ0v) is 14.7. The molecule has 4 atom stereocenters. The maximum Gasteiger partial charge on any atom is 0.142 e. The summed E-state index contributed by atoms with van der Waals surface area (Å²) in [4.78, 5) is 0. The molecule has 4 rings (SSSR count). The van der Waals surface area contributed by atoms with E-state index in [9.17, 15) is 0 Å². The first-order chi connectivity index (χ1) is 11.1. The fraction of sp³-hybridized carbons (Fsp3) is 0.619. The molecule has 0 amide bonds. The van der Waals surface area contributed by atoms with Gasteiger partial charge in [0.2, 0.25) is 0 Å². The molecule has 0 bridgehead atoms. The third kappa shape index (κ3) is 2.07. The highest BCUT2D eigenvalue weighted by atomic mass is 16.5. The van der Waals surface area contributed by atoms with E-state index < -0.39 is 0 Å². The van der Waals surface area contributed by atoms with E-state index in [1.54, 1.807) is 12.7 Å². The molecule has 0 spiro atoms. The lowest BCUT2D eigenvalue weighted by Crippen LogP contribution is -2.40. The highest BCUT2D eigenvalue weighted by Gasteiger charge is 2.52. The predicted octanol–water partition coefficient (Wildman–Crippen LogP) is 5.08. The van der Waals surface area contributed by atoms with Crippen molar-refractivity contribution < 1.29 is 4.74 Å². The monoisotopic (exact) mass is 311 g/mol. The zero-order valence-electron chi connectivity index (χ0n) is 14.7. The van der Waals surface area contributed by atoms with E-state index in [4.69, 9.17) is 10.5 Å². The van der Waals surface area contributed by atoms with Crippen LogP contribution in [0.1, 0.15) is 63.0 Å². The molecule has 124 valence electrons. The van der Waals surface area contributed by atoms with E-state index in [0.29, 0.717) is 11.3 Å².